The third kappa shape index (κ3) is 23.5. The van der Waals surface area contributed by atoms with E-state index in [2.05, 4.69) is 19.7 Å². The van der Waals surface area contributed by atoms with Gasteiger partial charge in [-0.2, -0.15) is 0 Å². The zero-order chi connectivity index (χ0) is 22.8. The lowest BCUT2D eigenvalue weighted by molar-refractivity contribution is -0.352. The van der Waals surface area contributed by atoms with Crippen molar-refractivity contribution in [2.45, 2.75) is 40.1 Å². The molecule has 0 rings (SSSR count). The fourth-order valence-electron chi connectivity index (χ4n) is 0.683. The summed E-state index contributed by atoms with van der Waals surface area (Å²) in [5.74, 6) is -3.64. The van der Waals surface area contributed by atoms with Gasteiger partial charge in [0, 0.05) is 44.5 Å². The van der Waals surface area contributed by atoms with E-state index in [-0.39, 0.29) is 16.7 Å². The summed E-state index contributed by atoms with van der Waals surface area (Å²) in [5, 5.41) is 23.7. The van der Waals surface area contributed by atoms with Crippen LogP contribution >= 0.6 is 0 Å². The molecule has 0 saturated heterocycles. The van der Waals surface area contributed by atoms with Crippen LogP contribution in [0.2, 0.25) is 0 Å². The summed E-state index contributed by atoms with van der Waals surface area (Å²) < 4.78 is 14.8. The Bertz CT molecular complexity index is 392. The second kappa shape index (κ2) is 18.3. The number of rotatable bonds is 7. The first kappa shape index (κ1) is 32.2. The average molecular weight is 392 g/mol. The lowest BCUT2D eigenvalue weighted by Crippen LogP contribution is -2.34. The van der Waals surface area contributed by atoms with Gasteiger partial charge in [-0.15, -0.1) is 0 Å². The molecule has 3 N–H and O–H groups in total. The second-order valence-electron chi connectivity index (χ2n) is 4.91. The molecule has 0 atom stereocenters. The van der Waals surface area contributed by atoms with E-state index >= 15 is 0 Å². The molecule has 0 fully saturated rings. The van der Waals surface area contributed by atoms with Gasteiger partial charge in [-0.3, -0.25) is 0 Å². The summed E-state index contributed by atoms with van der Waals surface area (Å²) in [4.78, 5) is 28.8. The minimum atomic E-state index is -0.935. The van der Waals surface area contributed by atoms with E-state index in [4.69, 9.17) is 29.5 Å². The molecular formula is C18H32O9. The highest BCUT2D eigenvalue weighted by Crippen LogP contribution is 2.15. The van der Waals surface area contributed by atoms with Gasteiger partial charge in [0.15, 0.2) is 0 Å². The Hall–Kier alpha value is -2.49. The zero-order valence-corrected chi connectivity index (χ0v) is 17.1. The van der Waals surface area contributed by atoms with Crippen LogP contribution in [0, 0.1) is 0 Å². The summed E-state index contributed by atoms with van der Waals surface area (Å²) in [7, 11) is 4.66. The number of aliphatic carboxylic acids is 3. The summed E-state index contributed by atoms with van der Waals surface area (Å²) in [5.41, 5.74) is 0.528. The normalized spacial score (nSPS) is 9.00. The molecule has 9 heteroatoms. The van der Waals surface area contributed by atoms with Gasteiger partial charge in [0.1, 0.15) is 0 Å². The maximum Gasteiger partial charge on any atom is 0.330 e. The van der Waals surface area contributed by atoms with Crippen LogP contribution in [0.1, 0.15) is 34.1 Å². The van der Waals surface area contributed by atoms with Gasteiger partial charge < -0.3 is 29.5 Å². The molecular weight excluding hydrogens is 360 g/mol. The number of methoxy groups -OCH3 is 3. The maximum atomic E-state index is 9.60. The van der Waals surface area contributed by atoms with Gasteiger partial charge in [-0.05, 0) is 20.8 Å². The van der Waals surface area contributed by atoms with Crippen LogP contribution in [0.15, 0.2) is 36.5 Å². The van der Waals surface area contributed by atoms with E-state index in [1.165, 1.54) is 20.8 Å². The van der Waals surface area contributed by atoms with Crippen molar-refractivity contribution in [3.8, 4) is 0 Å². The number of ether oxygens (including phenoxy) is 3. The molecule has 0 aromatic heterocycles. The Morgan fingerprint density at radius 2 is 0.852 bits per heavy atom. The van der Waals surface area contributed by atoms with Gasteiger partial charge in [-0.25, -0.2) is 14.4 Å². The molecule has 0 heterocycles. The Labute approximate surface area is 160 Å². The van der Waals surface area contributed by atoms with E-state index < -0.39 is 23.9 Å². The molecule has 0 unspecified atom stereocenters. The maximum absolute atomic E-state index is 9.60. The fourth-order valence-corrected chi connectivity index (χ4v) is 0.683. The number of carbonyl (C=O) groups is 3. The summed E-state index contributed by atoms with van der Waals surface area (Å²) >= 11 is 0. The second-order valence-corrected chi connectivity index (χ2v) is 4.91. The largest absolute Gasteiger partial charge is 0.478 e. The Balaban J connectivity index is -0.000000133. The standard InChI is InChI=1S/C6H14O3.3C4H6O2/c1-5-6(7-2,8-3)9-4;3*1-3(2)4(5)6/h5H2,1-4H3;3*1H2,2H3,(H,5,6). The molecule has 9 nitrogen and oxygen atoms in total. The molecule has 0 aromatic rings. The van der Waals surface area contributed by atoms with Crippen molar-refractivity contribution < 1.29 is 43.9 Å². The quantitative estimate of drug-likeness (QED) is 0.440. The van der Waals surface area contributed by atoms with Crippen molar-refractivity contribution >= 4 is 17.9 Å². The van der Waals surface area contributed by atoms with Crippen molar-refractivity contribution in [1.29, 1.82) is 0 Å². The molecule has 0 spiro atoms. The first-order chi connectivity index (χ1) is 12.2. The topological polar surface area (TPSA) is 140 Å². The molecule has 0 aliphatic rings. The van der Waals surface area contributed by atoms with E-state index in [9.17, 15) is 14.4 Å². The van der Waals surface area contributed by atoms with Crippen molar-refractivity contribution in [3.05, 3.63) is 36.5 Å². The Kier molecular flexibility index (Phi) is 21.8. The molecule has 0 bridgehead atoms. The van der Waals surface area contributed by atoms with Gasteiger partial charge in [-0.1, -0.05) is 26.7 Å². The Morgan fingerprint density at radius 1 is 0.704 bits per heavy atom. The van der Waals surface area contributed by atoms with Gasteiger partial charge in [0.25, 0.3) is 5.97 Å². The van der Waals surface area contributed by atoms with Crippen LogP contribution in [-0.2, 0) is 28.6 Å². The van der Waals surface area contributed by atoms with Gasteiger partial charge in [0.05, 0.1) is 0 Å². The fraction of sp³-hybridized carbons (Fsp3) is 0.500. The van der Waals surface area contributed by atoms with Crippen LogP contribution in [0.3, 0.4) is 0 Å². The number of carboxylic acid groups (broad SMARTS) is 3. The molecule has 27 heavy (non-hydrogen) atoms. The number of carboxylic acids is 3. The zero-order valence-electron chi connectivity index (χ0n) is 17.1. The third-order valence-electron chi connectivity index (χ3n) is 2.46. The van der Waals surface area contributed by atoms with Crippen LogP contribution in [-0.4, -0.2) is 60.5 Å². The van der Waals surface area contributed by atoms with Crippen LogP contribution in [0.4, 0.5) is 0 Å². The Morgan fingerprint density at radius 3 is 0.852 bits per heavy atom. The summed E-state index contributed by atoms with van der Waals surface area (Å²) in [6.07, 6.45) is 0.677. The molecule has 0 aromatic carbocycles. The molecule has 0 radical (unpaired) electrons. The highest BCUT2D eigenvalue weighted by Gasteiger charge is 2.25. The van der Waals surface area contributed by atoms with Crippen molar-refractivity contribution in [2.75, 3.05) is 21.3 Å². The monoisotopic (exact) mass is 392 g/mol. The summed E-state index contributed by atoms with van der Waals surface area (Å²) in [6.45, 7) is 15.7. The SMILES string of the molecule is C=C(C)C(=O)O.C=C(C)C(=O)O.C=C(C)C(=O)O.CCC(OC)(OC)OC. The third-order valence-corrected chi connectivity index (χ3v) is 2.46. The first-order valence-electron chi connectivity index (χ1n) is 7.49. The van der Waals surface area contributed by atoms with E-state index in [1.807, 2.05) is 6.92 Å². The molecule has 0 amide bonds. The number of hydrogen-bond acceptors (Lipinski definition) is 6. The average Bonchev–Trinajstić information content (AvgIpc) is 2.58. The predicted molar refractivity (Wildman–Crippen MR) is 101 cm³/mol. The molecule has 158 valence electrons. The van der Waals surface area contributed by atoms with Crippen LogP contribution in [0.25, 0.3) is 0 Å². The highest BCUT2D eigenvalue weighted by molar-refractivity contribution is 5.85. The smallest absolute Gasteiger partial charge is 0.330 e. The predicted octanol–water partition coefficient (Wildman–Crippen LogP) is 2.93. The first-order valence-corrected chi connectivity index (χ1v) is 7.49. The minimum absolute atomic E-state index is 0.176. The van der Waals surface area contributed by atoms with Gasteiger partial charge in [0.2, 0.25) is 0 Å². The van der Waals surface area contributed by atoms with Crippen LogP contribution < -0.4 is 0 Å². The molecule has 0 aliphatic heterocycles. The van der Waals surface area contributed by atoms with E-state index in [1.54, 1.807) is 21.3 Å². The number of hydrogen-bond donors (Lipinski definition) is 3. The summed E-state index contributed by atoms with van der Waals surface area (Å²) in [6, 6.07) is 0. The van der Waals surface area contributed by atoms with E-state index in [0.717, 1.165) is 0 Å². The van der Waals surface area contributed by atoms with Gasteiger partial charge >= 0.3 is 17.9 Å². The van der Waals surface area contributed by atoms with Crippen molar-refractivity contribution in [2.24, 2.45) is 0 Å². The van der Waals surface area contributed by atoms with E-state index in [0.29, 0.717) is 6.42 Å². The van der Waals surface area contributed by atoms with Crippen molar-refractivity contribution in [1.82, 2.24) is 0 Å². The highest BCUT2D eigenvalue weighted by atomic mass is 16.9. The minimum Gasteiger partial charge on any atom is -0.478 e. The lowest BCUT2D eigenvalue weighted by atomic mass is 10.4. The molecule has 0 saturated carbocycles. The van der Waals surface area contributed by atoms with Crippen LogP contribution in [0.5, 0.6) is 0 Å². The molecule has 0 aliphatic carbocycles. The lowest BCUT2D eigenvalue weighted by Gasteiger charge is -2.26. The van der Waals surface area contributed by atoms with Crippen molar-refractivity contribution in [3.63, 3.8) is 0 Å².